The zero-order valence-electron chi connectivity index (χ0n) is 37.3. The van der Waals surface area contributed by atoms with Gasteiger partial charge >= 0.3 is 5.97 Å². The zero-order chi connectivity index (χ0) is 46.1. The number of fused-ring (bicyclic) bond motifs is 2. The molecule has 3 N–H and O–H groups in total. The maximum absolute atomic E-state index is 14.1. The van der Waals surface area contributed by atoms with Crippen molar-refractivity contribution in [1.29, 1.82) is 0 Å². The van der Waals surface area contributed by atoms with E-state index < -0.39 is 23.7 Å². The number of nitrogens with two attached hydrogens (primary N) is 1. The fourth-order valence-corrected chi connectivity index (χ4v) is 7.73. The molecule has 0 spiro atoms. The van der Waals surface area contributed by atoms with Gasteiger partial charge < -0.3 is 38.6 Å². The van der Waals surface area contributed by atoms with Crippen LogP contribution in [-0.4, -0.2) is 73.7 Å². The Balaban J connectivity index is 1.41. The average molecular weight is 870 g/mol. The Labute approximate surface area is 367 Å². The Morgan fingerprint density at radius 1 is 0.703 bits per heavy atom. The summed E-state index contributed by atoms with van der Waals surface area (Å²) in [7, 11) is 5.08. The molecule has 0 aliphatic carbocycles. The van der Waals surface area contributed by atoms with E-state index in [1.807, 2.05) is 68.0 Å². The van der Waals surface area contributed by atoms with Gasteiger partial charge in [-0.1, -0.05) is 23.3 Å². The molecule has 64 heavy (non-hydrogen) atoms. The number of carbonyl (C=O) groups excluding carboxylic acids is 3. The van der Waals surface area contributed by atoms with Crippen LogP contribution in [0.3, 0.4) is 0 Å². The molecular weight excluding hydrogens is 819 g/mol. The second-order valence-electron chi connectivity index (χ2n) is 15.6. The third-order valence-electron chi connectivity index (χ3n) is 11.2. The maximum atomic E-state index is 14.1. The van der Waals surface area contributed by atoms with Crippen LogP contribution in [-0.2, 0) is 46.9 Å². The number of carbonyl (C=O) groups is 4. The highest BCUT2D eigenvalue weighted by atomic mass is 16.5. The van der Waals surface area contributed by atoms with Crippen LogP contribution in [0, 0.1) is 13.8 Å². The Hall–Kier alpha value is -7.76. The second kappa shape index (κ2) is 17.9. The molecule has 332 valence electrons. The highest BCUT2D eigenvalue weighted by Crippen LogP contribution is 2.30. The van der Waals surface area contributed by atoms with Crippen molar-refractivity contribution in [3.05, 3.63) is 129 Å². The summed E-state index contributed by atoms with van der Waals surface area (Å²) in [6, 6.07) is 18.8. The van der Waals surface area contributed by atoms with Crippen LogP contribution in [0.4, 0.5) is 0 Å². The van der Waals surface area contributed by atoms with Crippen LogP contribution in [0.2, 0.25) is 0 Å². The summed E-state index contributed by atoms with van der Waals surface area (Å²) >= 11 is 0. The fraction of sp³-hybridized carbons (Fsp3) is 0.304. The number of nitrogens with zero attached hydrogens (tertiary/aromatic N) is 10. The number of carboxylic acid groups (broad SMARTS) is 1. The number of ether oxygens (including phenoxy) is 2. The summed E-state index contributed by atoms with van der Waals surface area (Å²) in [5.41, 5.74) is 13.6. The Kier molecular flexibility index (Phi) is 12.4. The molecule has 0 aliphatic heterocycles. The molecule has 4 aromatic heterocycles. The van der Waals surface area contributed by atoms with Crippen LogP contribution >= 0.6 is 0 Å². The van der Waals surface area contributed by atoms with E-state index in [0.717, 1.165) is 16.7 Å². The van der Waals surface area contributed by atoms with Gasteiger partial charge in [-0.2, -0.15) is 20.2 Å². The predicted octanol–water partition coefficient (Wildman–Crippen LogP) is 5.23. The van der Waals surface area contributed by atoms with Gasteiger partial charge in [-0.05, 0) is 102 Å². The first-order valence-corrected chi connectivity index (χ1v) is 20.7. The van der Waals surface area contributed by atoms with E-state index >= 15 is 0 Å². The van der Waals surface area contributed by atoms with Crippen LogP contribution in [0.15, 0.2) is 87.9 Å². The van der Waals surface area contributed by atoms with Crippen LogP contribution in [0.5, 0.6) is 11.5 Å². The van der Waals surface area contributed by atoms with Crippen molar-refractivity contribution in [2.75, 3.05) is 7.11 Å². The van der Waals surface area contributed by atoms with Crippen molar-refractivity contribution in [1.82, 2.24) is 37.8 Å². The number of allylic oxidation sites excluding steroid dienone is 2. The van der Waals surface area contributed by atoms with E-state index in [-0.39, 0.29) is 36.4 Å². The SMILES string of the molecule is CCn1nc(C)cc1C(=O)N=c1n(C)c2cc(C(=O)O)ccc2n1C/C(C)=C(\C)Cn1c(=NC(=O)c2cc(C)nn2CC)n(C)c2cc(C(N)=O)cc(OCc3ccc(OC)cc3)c21. The number of carboxylic acids is 1. The predicted molar refractivity (Wildman–Crippen MR) is 238 cm³/mol. The van der Waals surface area contributed by atoms with Gasteiger partial charge in [0.15, 0.2) is 0 Å². The van der Waals surface area contributed by atoms with Crippen molar-refractivity contribution in [2.24, 2.45) is 29.8 Å². The number of rotatable bonds is 14. The van der Waals surface area contributed by atoms with Crippen molar-refractivity contribution < 1.29 is 33.8 Å². The Morgan fingerprint density at radius 2 is 1.23 bits per heavy atom. The number of primary amides is 1. The lowest BCUT2D eigenvalue weighted by Crippen LogP contribution is -2.28. The molecule has 3 aromatic carbocycles. The summed E-state index contributed by atoms with van der Waals surface area (Å²) in [5.74, 6) is -1.74. The third-order valence-corrected chi connectivity index (χ3v) is 11.2. The number of hydrogen-bond acceptors (Lipinski definition) is 8. The van der Waals surface area contributed by atoms with E-state index in [4.69, 9.17) is 20.2 Å². The number of benzene rings is 3. The van der Waals surface area contributed by atoms with Crippen molar-refractivity contribution in [3.63, 3.8) is 0 Å². The number of imidazole rings is 2. The minimum atomic E-state index is -1.09. The van der Waals surface area contributed by atoms with Gasteiger partial charge in [0.25, 0.3) is 11.8 Å². The summed E-state index contributed by atoms with van der Waals surface area (Å²) in [6.07, 6.45) is 0. The minimum absolute atomic E-state index is 0.0843. The van der Waals surface area contributed by atoms with E-state index in [0.29, 0.717) is 75.0 Å². The van der Waals surface area contributed by atoms with Crippen molar-refractivity contribution in [3.8, 4) is 11.5 Å². The Bertz CT molecular complexity index is 3190. The molecule has 3 amide bonds. The van der Waals surface area contributed by atoms with Crippen LogP contribution in [0.1, 0.15) is 86.3 Å². The van der Waals surface area contributed by atoms with Gasteiger partial charge in [-0.3, -0.25) is 23.7 Å². The van der Waals surface area contributed by atoms with Gasteiger partial charge in [0.2, 0.25) is 17.1 Å². The van der Waals surface area contributed by atoms with E-state index in [1.165, 1.54) is 6.07 Å². The molecular formula is C46H51N11O7. The molecule has 0 radical (unpaired) electrons. The lowest BCUT2D eigenvalue weighted by Gasteiger charge is -2.15. The number of hydrogen-bond donors (Lipinski definition) is 2. The smallest absolute Gasteiger partial charge is 0.335 e. The number of aromatic carboxylic acids is 1. The first-order valence-electron chi connectivity index (χ1n) is 20.7. The minimum Gasteiger partial charge on any atom is -0.497 e. The molecule has 0 fully saturated rings. The van der Waals surface area contributed by atoms with E-state index in [2.05, 4.69) is 15.2 Å². The second-order valence-corrected chi connectivity index (χ2v) is 15.6. The molecule has 0 saturated carbocycles. The maximum Gasteiger partial charge on any atom is 0.335 e. The van der Waals surface area contributed by atoms with Gasteiger partial charge in [0.05, 0.1) is 40.6 Å². The molecule has 0 aliphatic rings. The largest absolute Gasteiger partial charge is 0.497 e. The van der Waals surface area contributed by atoms with Crippen LogP contribution in [0.25, 0.3) is 22.1 Å². The number of aromatic nitrogens is 8. The normalized spacial score (nSPS) is 12.6. The highest BCUT2D eigenvalue weighted by Gasteiger charge is 2.22. The summed E-state index contributed by atoms with van der Waals surface area (Å²) < 4.78 is 22.2. The monoisotopic (exact) mass is 869 g/mol. The number of methoxy groups -OCH3 is 1. The molecule has 7 rings (SSSR count). The summed E-state index contributed by atoms with van der Waals surface area (Å²) in [4.78, 5) is 62.0. The molecule has 0 unspecified atom stereocenters. The molecule has 0 saturated heterocycles. The van der Waals surface area contributed by atoms with Crippen molar-refractivity contribution >= 4 is 45.8 Å². The molecule has 7 aromatic rings. The third kappa shape index (κ3) is 8.53. The first kappa shape index (κ1) is 44.3. The quantitative estimate of drug-likeness (QED) is 0.137. The van der Waals surface area contributed by atoms with E-state index in [9.17, 15) is 24.3 Å². The molecule has 4 heterocycles. The van der Waals surface area contributed by atoms with Crippen molar-refractivity contribution in [2.45, 2.75) is 74.3 Å². The topological polar surface area (TPSA) is 213 Å². The fourth-order valence-electron chi connectivity index (χ4n) is 7.73. The lowest BCUT2D eigenvalue weighted by atomic mass is 10.1. The Morgan fingerprint density at radius 3 is 1.77 bits per heavy atom. The molecule has 18 nitrogen and oxygen atoms in total. The molecule has 0 bridgehead atoms. The number of amides is 3. The highest BCUT2D eigenvalue weighted by molar-refractivity contribution is 5.99. The summed E-state index contributed by atoms with van der Waals surface area (Å²) in [6.45, 7) is 12.8. The summed E-state index contributed by atoms with van der Waals surface area (Å²) in [5, 5.41) is 18.7. The molecule has 0 atom stereocenters. The van der Waals surface area contributed by atoms with E-state index in [1.54, 1.807) is 83.0 Å². The number of aryl methyl sites for hydroxylation is 6. The van der Waals surface area contributed by atoms with Gasteiger partial charge in [0.1, 0.15) is 35.0 Å². The van der Waals surface area contributed by atoms with Gasteiger partial charge in [-0.25, -0.2) is 4.79 Å². The lowest BCUT2D eigenvalue weighted by molar-refractivity contribution is 0.0696. The molecule has 18 heteroatoms. The zero-order valence-corrected chi connectivity index (χ0v) is 37.3. The average Bonchev–Trinajstić information content (AvgIpc) is 4.00. The first-order chi connectivity index (χ1) is 30.5. The standard InChI is InChI=1S/C46H51N11O7/c1-10-56-37(18-28(5)50-56)42(59)48-45-52(7)35-20-31(44(61)62)14-17-34(35)54(45)23-26(3)27(4)24-55-40-36(53(8)46(55)49-43(60)38-19-29(6)51-57(38)11-2)21-32(41(47)58)22-39(40)64-25-30-12-15-33(63-9)16-13-30/h12-22H,10-11,23-25H2,1-9H3,(H2,47,58)(H,61,62)/b27-26+,48-45?,49-46?. The van der Waals surface area contributed by atoms with Gasteiger partial charge in [-0.15, -0.1) is 0 Å². The van der Waals surface area contributed by atoms with Crippen LogP contribution < -0.4 is 26.4 Å². The van der Waals surface area contributed by atoms with Gasteiger partial charge in [0, 0.05) is 45.8 Å².